The van der Waals surface area contributed by atoms with Crippen LogP contribution in [0, 0.1) is 6.92 Å². The Labute approximate surface area is 238 Å². The van der Waals surface area contributed by atoms with Gasteiger partial charge in [-0.25, -0.2) is 4.79 Å². The molecule has 0 aliphatic rings. The van der Waals surface area contributed by atoms with Crippen molar-refractivity contribution in [1.29, 1.82) is 0 Å². The van der Waals surface area contributed by atoms with E-state index in [-0.39, 0.29) is 5.11 Å². The molecule has 1 amide bonds. The highest BCUT2D eigenvalue weighted by Crippen LogP contribution is 2.30. The lowest BCUT2D eigenvalue weighted by Crippen LogP contribution is -2.32. The largest absolute Gasteiger partial charge is 0.457 e. The van der Waals surface area contributed by atoms with Crippen molar-refractivity contribution in [3.63, 3.8) is 0 Å². The molecule has 5 rings (SSSR count). The molecule has 9 heteroatoms. The third kappa shape index (κ3) is 6.12. The molecule has 0 aliphatic carbocycles. The number of benzene rings is 3. The number of hydrogen-bond donors (Lipinski definition) is 2. The predicted molar refractivity (Wildman–Crippen MR) is 160 cm³/mol. The Morgan fingerprint density at radius 1 is 0.897 bits per heavy atom. The SMILES string of the molecule is Cc1ccc(-c2ccc(/C=C/C(=O)NC(=S)Nc3ccc(-c4cc5ccccc5oc4=O)c(Cl)c3)o2)cc1Cl. The molecular formula is C30H20Cl2N2O4S. The number of aryl methyl sites for hydroxylation is 1. The third-order valence-electron chi connectivity index (χ3n) is 5.88. The summed E-state index contributed by atoms with van der Waals surface area (Å²) in [7, 11) is 0. The molecule has 2 heterocycles. The van der Waals surface area contributed by atoms with Crippen molar-refractivity contribution >= 4 is 69.2 Å². The Kier molecular flexibility index (Phi) is 7.65. The van der Waals surface area contributed by atoms with Gasteiger partial charge in [-0.2, -0.15) is 0 Å². The lowest BCUT2D eigenvalue weighted by atomic mass is 10.1. The fourth-order valence-corrected chi connectivity index (χ4v) is 4.56. The van der Waals surface area contributed by atoms with Crippen LogP contribution >= 0.6 is 35.4 Å². The van der Waals surface area contributed by atoms with Gasteiger partial charge in [-0.15, -0.1) is 0 Å². The van der Waals surface area contributed by atoms with Crippen molar-refractivity contribution in [2.75, 3.05) is 5.32 Å². The molecular weight excluding hydrogens is 555 g/mol. The number of halogens is 2. The summed E-state index contributed by atoms with van der Waals surface area (Å²) >= 11 is 17.9. The van der Waals surface area contributed by atoms with Gasteiger partial charge in [0.05, 0.1) is 10.6 Å². The van der Waals surface area contributed by atoms with E-state index in [1.165, 1.54) is 12.2 Å². The molecule has 0 radical (unpaired) electrons. The molecule has 0 spiro atoms. The van der Waals surface area contributed by atoms with Crippen LogP contribution in [-0.2, 0) is 4.79 Å². The van der Waals surface area contributed by atoms with Gasteiger partial charge >= 0.3 is 5.63 Å². The molecule has 194 valence electrons. The van der Waals surface area contributed by atoms with Crippen LogP contribution in [-0.4, -0.2) is 11.0 Å². The van der Waals surface area contributed by atoms with E-state index in [2.05, 4.69) is 10.6 Å². The fraction of sp³-hybridized carbons (Fsp3) is 0.0333. The van der Waals surface area contributed by atoms with E-state index in [0.29, 0.717) is 44.0 Å². The second kappa shape index (κ2) is 11.3. The summed E-state index contributed by atoms with van der Waals surface area (Å²) in [6.45, 7) is 1.93. The molecule has 5 aromatic rings. The average Bonchev–Trinajstić information content (AvgIpc) is 3.38. The second-order valence-corrected chi connectivity index (χ2v) is 9.85. The van der Waals surface area contributed by atoms with E-state index in [4.69, 9.17) is 44.3 Å². The number of anilines is 1. The van der Waals surface area contributed by atoms with Crippen LogP contribution in [0.25, 0.3) is 39.5 Å². The Bertz CT molecular complexity index is 1820. The highest BCUT2D eigenvalue weighted by molar-refractivity contribution is 7.80. The minimum absolute atomic E-state index is 0.0770. The van der Waals surface area contributed by atoms with Crippen molar-refractivity contribution in [1.82, 2.24) is 5.32 Å². The molecule has 0 bridgehead atoms. The van der Waals surface area contributed by atoms with Gasteiger partial charge in [0.15, 0.2) is 5.11 Å². The van der Waals surface area contributed by atoms with Crippen molar-refractivity contribution < 1.29 is 13.6 Å². The van der Waals surface area contributed by atoms with Gasteiger partial charge in [-0.05, 0) is 73.2 Å². The first kappa shape index (κ1) is 26.4. The van der Waals surface area contributed by atoms with Crippen LogP contribution in [0.4, 0.5) is 5.69 Å². The molecule has 0 aliphatic heterocycles. The van der Waals surface area contributed by atoms with Crippen molar-refractivity contribution in [2.45, 2.75) is 6.92 Å². The van der Waals surface area contributed by atoms with Crippen LogP contribution < -0.4 is 16.3 Å². The van der Waals surface area contributed by atoms with Crippen molar-refractivity contribution in [2.24, 2.45) is 0 Å². The first-order chi connectivity index (χ1) is 18.8. The molecule has 0 saturated heterocycles. The monoisotopic (exact) mass is 574 g/mol. The first-order valence-corrected chi connectivity index (χ1v) is 12.9. The Morgan fingerprint density at radius 3 is 2.51 bits per heavy atom. The third-order valence-corrected chi connectivity index (χ3v) is 6.80. The maximum Gasteiger partial charge on any atom is 0.344 e. The minimum Gasteiger partial charge on any atom is -0.457 e. The number of nitrogens with one attached hydrogen (secondary N) is 2. The molecule has 39 heavy (non-hydrogen) atoms. The first-order valence-electron chi connectivity index (χ1n) is 11.8. The number of fused-ring (bicyclic) bond motifs is 1. The molecule has 6 nitrogen and oxygen atoms in total. The Balaban J connectivity index is 1.22. The van der Waals surface area contributed by atoms with Crippen LogP contribution in [0.15, 0.2) is 98.6 Å². The highest BCUT2D eigenvalue weighted by Gasteiger charge is 2.13. The number of carbonyl (C=O) groups is 1. The molecule has 2 N–H and O–H groups in total. The van der Waals surface area contributed by atoms with Gasteiger partial charge in [0.2, 0.25) is 5.91 Å². The van der Waals surface area contributed by atoms with Gasteiger partial charge in [0, 0.05) is 33.3 Å². The number of rotatable bonds is 5. The molecule has 3 aromatic carbocycles. The van der Waals surface area contributed by atoms with Crippen LogP contribution in [0.2, 0.25) is 10.0 Å². The summed E-state index contributed by atoms with van der Waals surface area (Å²) in [5.41, 5.74) is 3.23. The number of hydrogen-bond acceptors (Lipinski definition) is 5. The van der Waals surface area contributed by atoms with E-state index in [0.717, 1.165) is 16.5 Å². The zero-order chi connectivity index (χ0) is 27.5. The van der Waals surface area contributed by atoms with E-state index >= 15 is 0 Å². The maximum absolute atomic E-state index is 12.5. The summed E-state index contributed by atoms with van der Waals surface area (Å²) in [5.74, 6) is 0.688. The lowest BCUT2D eigenvalue weighted by molar-refractivity contribution is -0.115. The summed E-state index contributed by atoms with van der Waals surface area (Å²) < 4.78 is 11.2. The lowest BCUT2D eigenvalue weighted by Gasteiger charge is -2.10. The minimum atomic E-state index is -0.489. The van der Waals surface area contributed by atoms with E-state index in [1.807, 2.05) is 37.3 Å². The highest BCUT2D eigenvalue weighted by atomic mass is 35.5. The van der Waals surface area contributed by atoms with Crippen LogP contribution in [0.5, 0.6) is 0 Å². The van der Waals surface area contributed by atoms with Crippen molar-refractivity contribution in [3.8, 4) is 22.5 Å². The maximum atomic E-state index is 12.5. The topological polar surface area (TPSA) is 84.5 Å². The van der Waals surface area contributed by atoms with Gasteiger partial charge in [-0.3, -0.25) is 10.1 Å². The van der Waals surface area contributed by atoms with Gasteiger partial charge < -0.3 is 14.2 Å². The zero-order valence-electron chi connectivity index (χ0n) is 20.5. The molecule has 0 saturated carbocycles. The molecule has 0 unspecified atom stereocenters. The smallest absolute Gasteiger partial charge is 0.344 e. The Morgan fingerprint density at radius 2 is 1.72 bits per heavy atom. The van der Waals surface area contributed by atoms with Crippen LogP contribution in [0.3, 0.4) is 0 Å². The number of thiocarbonyl (C=S) groups is 1. The fourth-order valence-electron chi connectivity index (χ4n) is 3.88. The van der Waals surface area contributed by atoms with Crippen molar-refractivity contribution in [3.05, 3.63) is 117 Å². The van der Waals surface area contributed by atoms with Gasteiger partial charge in [0.25, 0.3) is 0 Å². The van der Waals surface area contributed by atoms with Crippen LogP contribution in [0.1, 0.15) is 11.3 Å². The van der Waals surface area contributed by atoms with Gasteiger partial charge in [-0.1, -0.05) is 59.6 Å². The number of carbonyl (C=O) groups excluding carboxylic acids is 1. The molecule has 0 atom stereocenters. The van der Waals surface area contributed by atoms with Gasteiger partial charge in [0.1, 0.15) is 17.1 Å². The number of amides is 1. The summed E-state index contributed by atoms with van der Waals surface area (Å²) in [5, 5.41) is 7.32. The predicted octanol–water partition coefficient (Wildman–Crippen LogP) is 7.86. The summed E-state index contributed by atoms with van der Waals surface area (Å²) in [6.07, 6.45) is 2.85. The molecule has 2 aromatic heterocycles. The second-order valence-electron chi connectivity index (χ2n) is 8.62. The summed E-state index contributed by atoms with van der Waals surface area (Å²) in [6, 6.07) is 23.2. The van der Waals surface area contributed by atoms with E-state index in [1.54, 1.807) is 48.5 Å². The Hall–Kier alpha value is -4.17. The average molecular weight is 575 g/mol. The van der Waals surface area contributed by atoms with E-state index < -0.39 is 11.5 Å². The zero-order valence-corrected chi connectivity index (χ0v) is 22.8. The van der Waals surface area contributed by atoms with E-state index in [9.17, 15) is 9.59 Å². The molecule has 0 fully saturated rings. The number of furan rings is 1. The quantitative estimate of drug-likeness (QED) is 0.126. The standard InChI is InChI=1S/C30H20Cl2N2O4S/c1-17-6-7-19(15-24(17)31)27-12-9-21(37-27)10-13-28(35)34-30(39)33-20-8-11-22(25(32)16-20)23-14-18-4-2-3-5-26(18)38-29(23)36/h2-16H,1H3,(H2,33,34,35,39)/b13-10+. The normalized spacial score (nSPS) is 11.2. The summed E-state index contributed by atoms with van der Waals surface area (Å²) in [4.78, 5) is 24.9. The number of para-hydroxylation sites is 1.